The summed E-state index contributed by atoms with van der Waals surface area (Å²) in [7, 11) is -1.31. The highest BCUT2D eigenvalue weighted by Crippen LogP contribution is 2.56. The molecule has 4 aliphatic rings. The van der Waals surface area contributed by atoms with E-state index < -0.39 is 54.2 Å². The molecule has 44 heavy (non-hydrogen) atoms. The monoisotopic (exact) mass is 596 g/mol. The molecule has 0 atom stereocenters. The smallest absolute Gasteiger partial charge is 0.478 e. The number of benzene rings is 3. The zero-order valence-corrected chi connectivity index (χ0v) is 26.1. The number of aromatic carboxylic acids is 1. The molecule has 2 fully saturated rings. The van der Waals surface area contributed by atoms with Crippen LogP contribution in [0.1, 0.15) is 92.8 Å². The molecule has 1 N–H and O–H groups in total. The third-order valence-electron chi connectivity index (χ3n) is 10.2. The number of ether oxygens (including phenoxy) is 2. The maximum absolute atomic E-state index is 13.4. The first kappa shape index (κ1) is 29.1. The van der Waals surface area contributed by atoms with Gasteiger partial charge in [0.2, 0.25) is 0 Å². The molecule has 0 saturated carbocycles. The van der Waals surface area contributed by atoms with Crippen molar-refractivity contribution in [1.29, 1.82) is 0 Å². The van der Waals surface area contributed by atoms with Gasteiger partial charge in [-0.15, -0.1) is 0 Å². The second-order valence-electron chi connectivity index (χ2n) is 13.9. The topological polar surface area (TPSA) is 110 Å². The molecule has 0 bridgehead atoms. The normalized spacial score (nSPS) is 22.7. The predicted molar refractivity (Wildman–Crippen MR) is 163 cm³/mol. The van der Waals surface area contributed by atoms with Crippen LogP contribution in [-0.2, 0) is 29.0 Å². The van der Waals surface area contributed by atoms with Gasteiger partial charge in [0.05, 0.1) is 33.5 Å². The van der Waals surface area contributed by atoms with Gasteiger partial charge in [0.1, 0.15) is 11.5 Å². The van der Waals surface area contributed by atoms with Crippen molar-refractivity contribution in [1.82, 2.24) is 0 Å². The molecule has 3 aromatic rings. The summed E-state index contributed by atoms with van der Waals surface area (Å²) in [6, 6.07) is 15.5. The van der Waals surface area contributed by atoms with Crippen molar-refractivity contribution in [3.05, 3.63) is 82.4 Å². The number of esters is 1. The van der Waals surface area contributed by atoms with Gasteiger partial charge in [0, 0.05) is 16.7 Å². The Bertz CT molecular complexity index is 1640. The number of hydrogen-bond donors (Lipinski definition) is 1. The van der Waals surface area contributed by atoms with E-state index in [1.54, 1.807) is 0 Å². The van der Waals surface area contributed by atoms with Gasteiger partial charge in [-0.3, -0.25) is 0 Å². The third kappa shape index (κ3) is 3.96. The molecule has 0 aliphatic carbocycles. The fraction of sp³-hybridized carbons (Fsp3) is 0.394. The molecule has 0 radical (unpaired) electrons. The number of carboxylic acid groups (broad SMARTS) is 1. The van der Waals surface area contributed by atoms with Crippen molar-refractivity contribution in [3.8, 4) is 11.5 Å². The summed E-state index contributed by atoms with van der Waals surface area (Å²) in [6.07, 6.45) is 0. The number of hydrogen-bond acceptors (Lipinski definition) is 8. The van der Waals surface area contributed by atoms with Crippen molar-refractivity contribution < 1.29 is 42.8 Å². The van der Waals surface area contributed by atoms with E-state index in [1.165, 1.54) is 18.2 Å². The molecule has 0 aromatic heterocycles. The summed E-state index contributed by atoms with van der Waals surface area (Å²) in [4.78, 5) is 25.4. The maximum Gasteiger partial charge on any atom is 0.494 e. The molecule has 9 nitrogen and oxygen atoms in total. The lowest BCUT2D eigenvalue weighted by Gasteiger charge is -2.37. The van der Waals surface area contributed by atoms with E-state index in [9.17, 15) is 14.7 Å². The average Bonchev–Trinajstić information content (AvgIpc) is 3.44. The number of carbonyl (C=O) groups excluding carboxylic acids is 1. The molecule has 1 spiro atoms. The number of carboxylic acids is 1. The Hall–Kier alpha value is -3.63. The Kier molecular flexibility index (Phi) is 5.93. The van der Waals surface area contributed by atoms with Crippen LogP contribution < -0.4 is 15.7 Å². The standard InChI is InChI=1S/C33H34B2O9/c1-29(2)30(3,4)42-34(41-29)19-10-13-22-25(16-19)39-26-17-20(35-43-31(5,6)32(7,8)44-35)11-14-23(26)33(22)24-15-18(27(36)37)9-12-21(24)28(38)40-33/h9-17H,1-8H3,(H,36,37). The van der Waals surface area contributed by atoms with Gasteiger partial charge >= 0.3 is 26.2 Å². The predicted octanol–water partition coefficient (Wildman–Crippen LogP) is 4.55. The summed E-state index contributed by atoms with van der Waals surface area (Å²) in [5, 5.41) is 9.84. The lowest BCUT2D eigenvalue weighted by Crippen LogP contribution is -2.41. The minimum atomic E-state index is -1.45. The molecule has 0 amide bonds. The van der Waals surface area contributed by atoms with Gasteiger partial charge in [-0.25, -0.2) is 9.59 Å². The van der Waals surface area contributed by atoms with Crippen molar-refractivity contribution in [2.75, 3.05) is 0 Å². The number of fused-ring (bicyclic) bond motifs is 6. The first-order valence-corrected chi connectivity index (χ1v) is 14.7. The zero-order chi connectivity index (χ0) is 31.6. The SMILES string of the molecule is CC1(C)OB(c2ccc3c(c2)Oc2cc(B4OC(C)(C)C(C)(C)O4)ccc2C32OC(=O)c3ccc(C(=O)O)cc32)OC1(C)C. The largest absolute Gasteiger partial charge is 0.494 e. The molecule has 226 valence electrons. The molecule has 3 aromatic carbocycles. The van der Waals surface area contributed by atoms with Gasteiger partial charge in [0.15, 0.2) is 5.60 Å². The van der Waals surface area contributed by atoms with E-state index in [2.05, 4.69) is 0 Å². The lowest BCUT2D eigenvalue weighted by molar-refractivity contribution is 0.00578. The van der Waals surface area contributed by atoms with Crippen LogP contribution in [0.3, 0.4) is 0 Å². The summed E-state index contributed by atoms with van der Waals surface area (Å²) in [5.41, 5.74) is -0.312. The molecule has 11 heteroatoms. The molecule has 2 saturated heterocycles. The maximum atomic E-state index is 13.4. The summed E-state index contributed by atoms with van der Waals surface area (Å²) in [5.74, 6) is -0.808. The summed E-state index contributed by atoms with van der Waals surface area (Å²) >= 11 is 0. The van der Waals surface area contributed by atoms with Crippen molar-refractivity contribution >= 4 is 37.1 Å². The third-order valence-corrected chi connectivity index (χ3v) is 10.2. The summed E-state index contributed by atoms with van der Waals surface area (Å²) < 4.78 is 38.1. The molecule has 0 unspecified atom stereocenters. The van der Waals surface area contributed by atoms with Crippen LogP contribution >= 0.6 is 0 Å². The van der Waals surface area contributed by atoms with Crippen LogP contribution in [0.15, 0.2) is 54.6 Å². The van der Waals surface area contributed by atoms with Gasteiger partial charge in [-0.05, 0) is 96.6 Å². The fourth-order valence-corrected chi connectivity index (χ4v) is 6.14. The van der Waals surface area contributed by atoms with Gasteiger partial charge < -0.3 is 33.2 Å². The first-order valence-electron chi connectivity index (χ1n) is 14.7. The van der Waals surface area contributed by atoms with Crippen molar-refractivity contribution in [2.45, 2.75) is 83.4 Å². The zero-order valence-electron chi connectivity index (χ0n) is 26.1. The van der Waals surface area contributed by atoms with E-state index in [-0.39, 0.29) is 5.56 Å². The highest BCUT2D eigenvalue weighted by Gasteiger charge is 2.57. The van der Waals surface area contributed by atoms with Crippen molar-refractivity contribution in [3.63, 3.8) is 0 Å². The fourth-order valence-electron chi connectivity index (χ4n) is 6.14. The molecule has 4 aliphatic heterocycles. The van der Waals surface area contributed by atoms with E-state index in [4.69, 9.17) is 28.1 Å². The van der Waals surface area contributed by atoms with E-state index >= 15 is 0 Å². The van der Waals surface area contributed by atoms with Gasteiger partial charge in [0.25, 0.3) is 0 Å². The highest BCUT2D eigenvalue weighted by molar-refractivity contribution is 6.62. The molecule has 4 heterocycles. The van der Waals surface area contributed by atoms with Crippen molar-refractivity contribution in [2.24, 2.45) is 0 Å². The summed E-state index contributed by atoms with van der Waals surface area (Å²) in [6.45, 7) is 15.9. The van der Waals surface area contributed by atoms with Crippen LogP contribution in [0.5, 0.6) is 11.5 Å². The minimum absolute atomic E-state index is 0.0405. The Labute approximate surface area is 257 Å². The average molecular weight is 596 g/mol. The molecular weight excluding hydrogens is 562 g/mol. The Morgan fingerprint density at radius 2 is 1.09 bits per heavy atom. The Balaban J connectivity index is 1.40. The van der Waals surface area contributed by atoms with Gasteiger partial charge in [-0.1, -0.05) is 24.3 Å². The van der Waals surface area contributed by atoms with Gasteiger partial charge in [-0.2, -0.15) is 0 Å². The minimum Gasteiger partial charge on any atom is -0.478 e. The first-order chi connectivity index (χ1) is 20.5. The molecular formula is C33H34B2O9. The lowest BCUT2D eigenvalue weighted by atomic mass is 9.72. The second-order valence-corrected chi connectivity index (χ2v) is 13.9. The van der Waals surface area contributed by atoms with Crippen LogP contribution in [-0.4, -0.2) is 53.7 Å². The Morgan fingerprint density at radius 1 is 0.636 bits per heavy atom. The molecule has 7 rings (SSSR count). The van der Waals surface area contributed by atoms with Crippen LogP contribution in [0.25, 0.3) is 0 Å². The van der Waals surface area contributed by atoms with E-state index in [1.807, 2.05) is 91.8 Å². The Morgan fingerprint density at radius 3 is 1.52 bits per heavy atom. The number of rotatable bonds is 3. The number of carbonyl (C=O) groups is 2. The van der Waals surface area contributed by atoms with E-state index in [0.717, 1.165) is 10.9 Å². The van der Waals surface area contributed by atoms with E-state index in [0.29, 0.717) is 33.8 Å². The highest BCUT2D eigenvalue weighted by atomic mass is 16.7. The van der Waals surface area contributed by atoms with Crippen LogP contribution in [0, 0.1) is 0 Å². The second kappa shape index (κ2) is 8.97. The van der Waals surface area contributed by atoms with Crippen LogP contribution in [0.2, 0.25) is 0 Å². The quantitative estimate of drug-likeness (QED) is 0.344. The van der Waals surface area contributed by atoms with Crippen LogP contribution in [0.4, 0.5) is 0 Å².